The van der Waals surface area contributed by atoms with Crippen LogP contribution in [0.5, 0.6) is 0 Å². The Kier molecular flexibility index (Phi) is 11.7. The SMILES string of the molecule is NO[SH](=O)=NCCn1cc(COP(=O)(NCCBr)NCCBr)nc1[N+](=O)[O-]. The van der Waals surface area contributed by atoms with Gasteiger partial charge in [0.1, 0.15) is 12.8 Å². The minimum absolute atomic E-state index is 0.0258. The second kappa shape index (κ2) is 12.9. The monoisotopic (exact) mass is 555 g/mol. The summed E-state index contributed by atoms with van der Waals surface area (Å²) in [6.07, 6.45) is 1.38. The number of alkyl halides is 2. The molecule has 1 rings (SSSR count). The highest BCUT2D eigenvalue weighted by molar-refractivity contribution is 9.09. The molecule has 0 spiro atoms. The predicted octanol–water partition coefficient (Wildman–Crippen LogP) is 0.855. The van der Waals surface area contributed by atoms with E-state index in [9.17, 15) is 18.9 Å². The number of nitro groups is 1. The van der Waals surface area contributed by atoms with Gasteiger partial charge >= 0.3 is 13.6 Å². The zero-order valence-electron chi connectivity index (χ0n) is 14.0. The molecule has 1 aromatic rings. The first-order valence-corrected chi connectivity index (χ1v) is 12.4. The number of nitrogens with zero attached hydrogens (tertiary/aromatic N) is 4. The third-order valence-corrected chi connectivity index (χ3v) is 6.02. The summed E-state index contributed by atoms with van der Waals surface area (Å²) >= 11 is 6.44. The molecular formula is C10H20Br2N7O6PS. The number of imidazole rings is 1. The molecule has 0 aliphatic rings. The highest BCUT2D eigenvalue weighted by Gasteiger charge is 2.25. The van der Waals surface area contributed by atoms with E-state index in [0.29, 0.717) is 23.7 Å². The standard InChI is InChI=1S/C10H20Br2N7O6PS/c11-1-3-14-26(22,15-4-2-12)24-8-9-7-18(10(17-9)19(20)21)6-5-16-27(23)25-13/h7,27H,1-6,8,13H2,(H2,14,15,22). The van der Waals surface area contributed by atoms with Crippen LogP contribution in [0.1, 0.15) is 5.69 Å². The molecule has 27 heavy (non-hydrogen) atoms. The number of hydrogen-bond donors (Lipinski definition) is 4. The average molecular weight is 557 g/mol. The van der Waals surface area contributed by atoms with Crippen molar-refractivity contribution in [2.45, 2.75) is 13.2 Å². The van der Waals surface area contributed by atoms with Crippen molar-refractivity contribution < 1.29 is 22.5 Å². The topological polar surface area (TPSA) is 176 Å². The molecule has 0 amide bonds. The van der Waals surface area contributed by atoms with Crippen LogP contribution in [0.15, 0.2) is 10.6 Å². The van der Waals surface area contributed by atoms with E-state index in [0.717, 1.165) is 0 Å². The van der Waals surface area contributed by atoms with Crippen LogP contribution in [0, 0.1) is 10.1 Å². The Morgan fingerprint density at radius 3 is 2.56 bits per heavy atom. The zero-order chi connectivity index (χ0) is 20.3. The first-order valence-electron chi connectivity index (χ1n) is 7.44. The second-order valence-electron chi connectivity index (χ2n) is 4.71. The van der Waals surface area contributed by atoms with E-state index in [4.69, 9.17) is 10.4 Å². The number of hydrogen-bond acceptors (Lipinski definition) is 9. The summed E-state index contributed by atoms with van der Waals surface area (Å²) in [6, 6.07) is 0. The lowest BCUT2D eigenvalue weighted by atomic mass is 10.5. The molecule has 0 saturated heterocycles. The first kappa shape index (κ1) is 24.6. The minimum atomic E-state index is -3.35. The van der Waals surface area contributed by atoms with Gasteiger partial charge in [-0.25, -0.2) is 23.3 Å². The fourth-order valence-electron chi connectivity index (χ4n) is 1.79. The molecule has 0 saturated carbocycles. The van der Waals surface area contributed by atoms with Crippen LogP contribution in [0.3, 0.4) is 0 Å². The summed E-state index contributed by atoms with van der Waals surface area (Å²) in [5, 5.41) is 17.8. The van der Waals surface area contributed by atoms with Gasteiger partial charge in [0, 0.05) is 23.7 Å². The van der Waals surface area contributed by atoms with Crippen molar-refractivity contribution in [3.05, 3.63) is 22.0 Å². The molecule has 0 bridgehead atoms. The molecule has 0 aliphatic carbocycles. The van der Waals surface area contributed by atoms with Crippen LogP contribution in [-0.2, 0) is 37.4 Å². The first-order chi connectivity index (χ1) is 12.8. The summed E-state index contributed by atoms with van der Waals surface area (Å²) < 4.78 is 37.9. The minimum Gasteiger partial charge on any atom is -0.390 e. The van der Waals surface area contributed by atoms with Gasteiger partial charge in [0.15, 0.2) is 16.6 Å². The number of aromatic nitrogens is 2. The Balaban J connectivity index is 2.83. The average Bonchev–Trinajstić information content (AvgIpc) is 3.06. The van der Waals surface area contributed by atoms with E-state index in [2.05, 4.69) is 55.7 Å². The molecule has 1 atom stereocenters. The molecule has 0 radical (unpaired) electrons. The maximum absolute atomic E-state index is 12.7. The Hall–Kier alpha value is -0.450. The summed E-state index contributed by atoms with van der Waals surface area (Å²) in [6.45, 7) is 0.582. The molecule has 13 nitrogen and oxygen atoms in total. The van der Waals surface area contributed by atoms with E-state index in [1.54, 1.807) is 0 Å². The van der Waals surface area contributed by atoms with Crippen molar-refractivity contribution in [3.8, 4) is 0 Å². The smallest absolute Gasteiger partial charge is 0.390 e. The van der Waals surface area contributed by atoms with Gasteiger partial charge in [-0.2, -0.15) is 10.2 Å². The van der Waals surface area contributed by atoms with Crippen LogP contribution < -0.4 is 16.1 Å². The molecule has 0 fully saturated rings. The van der Waals surface area contributed by atoms with Crippen LogP contribution in [-0.4, -0.2) is 49.0 Å². The normalized spacial score (nSPS) is 13.1. The maximum Gasteiger partial charge on any atom is 0.435 e. The van der Waals surface area contributed by atoms with Gasteiger partial charge in [-0.05, 0) is 4.92 Å². The van der Waals surface area contributed by atoms with Crippen molar-refractivity contribution in [2.75, 3.05) is 30.3 Å². The third-order valence-electron chi connectivity index (χ3n) is 2.84. The van der Waals surface area contributed by atoms with Crippen LogP contribution in [0.2, 0.25) is 0 Å². The molecule has 1 heterocycles. The van der Waals surface area contributed by atoms with Crippen molar-refractivity contribution in [2.24, 2.45) is 10.3 Å². The van der Waals surface area contributed by atoms with E-state index < -0.39 is 29.4 Å². The lowest BCUT2D eigenvalue weighted by molar-refractivity contribution is -0.396. The third kappa shape index (κ3) is 9.06. The zero-order valence-corrected chi connectivity index (χ0v) is 19.0. The molecule has 0 aliphatic heterocycles. The van der Waals surface area contributed by atoms with Gasteiger partial charge in [-0.3, -0.25) is 9.09 Å². The van der Waals surface area contributed by atoms with Crippen molar-refractivity contribution in [3.63, 3.8) is 0 Å². The van der Waals surface area contributed by atoms with Crippen LogP contribution in [0.25, 0.3) is 0 Å². The Morgan fingerprint density at radius 1 is 1.41 bits per heavy atom. The van der Waals surface area contributed by atoms with Crippen molar-refractivity contribution in [1.29, 1.82) is 0 Å². The van der Waals surface area contributed by atoms with E-state index in [1.807, 2.05) is 0 Å². The molecule has 0 aromatic carbocycles. The van der Waals surface area contributed by atoms with E-state index in [1.165, 1.54) is 10.8 Å². The lowest BCUT2D eigenvalue weighted by Gasteiger charge is -2.18. The van der Waals surface area contributed by atoms with E-state index >= 15 is 0 Å². The van der Waals surface area contributed by atoms with Gasteiger partial charge in [0.05, 0.1) is 13.1 Å². The summed E-state index contributed by atoms with van der Waals surface area (Å²) in [7, 11) is -5.72. The molecule has 156 valence electrons. The van der Waals surface area contributed by atoms with Gasteiger partial charge in [0.2, 0.25) is 0 Å². The predicted molar refractivity (Wildman–Crippen MR) is 107 cm³/mol. The van der Waals surface area contributed by atoms with Crippen molar-refractivity contribution in [1.82, 2.24) is 19.7 Å². The Bertz CT molecular complexity index is 732. The largest absolute Gasteiger partial charge is 0.435 e. The molecule has 1 unspecified atom stereocenters. The maximum atomic E-state index is 12.7. The second-order valence-corrected chi connectivity index (χ2v) is 9.26. The van der Waals surface area contributed by atoms with Gasteiger partial charge in [-0.1, -0.05) is 36.8 Å². The number of rotatable bonds is 14. The lowest BCUT2D eigenvalue weighted by Crippen LogP contribution is -2.26. The number of nitrogens with two attached hydrogens (primary N) is 1. The highest BCUT2D eigenvalue weighted by Crippen LogP contribution is 2.38. The molecule has 17 heteroatoms. The fraction of sp³-hybridized carbons (Fsp3) is 0.700. The fourth-order valence-corrected chi connectivity index (χ4v) is 4.54. The molecular weight excluding hydrogens is 537 g/mol. The van der Waals surface area contributed by atoms with Crippen LogP contribution >= 0.6 is 39.5 Å². The van der Waals surface area contributed by atoms with Crippen LogP contribution in [0.4, 0.5) is 5.95 Å². The van der Waals surface area contributed by atoms with Crippen molar-refractivity contribution >= 4 is 56.4 Å². The number of halogens is 2. The Morgan fingerprint density at radius 2 is 2.04 bits per heavy atom. The highest BCUT2D eigenvalue weighted by atomic mass is 79.9. The van der Waals surface area contributed by atoms with E-state index in [-0.39, 0.29) is 25.4 Å². The summed E-state index contributed by atoms with van der Waals surface area (Å²) in [4.78, 5) is 14.3. The quantitative estimate of drug-likeness (QED) is 0.0844. The molecule has 1 aromatic heterocycles. The molecule has 4 N–H and O–H groups in total. The Labute approximate surface area is 174 Å². The van der Waals surface area contributed by atoms with Gasteiger partial charge < -0.3 is 10.1 Å². The van der Waals surface area contributed by atoms with Gasteiger partial charge in [0.25, 0.3) is 0 Å². The summed E-state index contributed by atoms with van der Waals surface area (Å²) in [5.41, 5.74) is 0.211. The number of nitrogens with one attached hydrogen (secondary N) is 2. The summed E-state index contributed by atoms with van der Waals surface area (Å²) in [5.74, 6) is 4.28. The number of thiol groups is 1. The van der Waals surface area contributed by atoms with Gasteiger partial charge in [-0.15, -0.1) is 0 Å².